The highest BCUT2D eigenvalue weighted by molar-refractivity contribution is 7.99. The molecule has 3 aromatic carbocycles. The maximum atomic E-state index is 11.9. The molecule has 0 spiro atoms. The van der Waals surface area contributed by atoms with Crippen molar-refractivity contribution in [1.82, 2.24) is 14.9 Å². The predicted octanol–water partition coefficient (Wildman–Crippen LogP) is 4.70. The van der Waals surface area contributed by atoms with Gasteiger partial charge in [0.15, 0.2) is 5.82 Å². The van der Waals surface area contributed by atoms with Crippen molar-refractivity contribution in [2.45, 2.75) is 31.7 Å². The van der Waals surface area contributed by atoms with Gasteiger partial charge < -0.3 is 24.1 Å². The van der Waals surface area contributed by atoms with Crippen LogP contribution >= 0.6 is 11.8 Å². The predicted molar refractivity (Wildman–Crippen MR) is 156 cm³/mol. The summed E-state index contributed by atoms with van der Waals surface area (Å²) in [6.45, 7) is 3.73. The van der Waals surface area contributed by atoms with Gasteiger partial charge in [0, 0.05) is 5.75 Å². The van der Waals surface area contributed by atoms with Crippen molar-refractivity contribution < 1.29 is 24.1 Å². The summed E-state index contributed by atoms with van der Waals surface area (Å²) in [5.74, 6) is 1.96. The number of phenolic OH excluding ortho intramolecular Hbond substituents is 1. The second-order valence-electron chi connectivity index (χ2n) is 9.26. The molecule has 0 aliphatic carbocycles. The minimum atomic E-state index is -0.883. The smallest absolute Gasteiger partial charge is 0.339 e. The van der Waals surface area contributed by atoms with Crippen molar-refractivity contribution >= 4 is 28.9 Å². The van der Waals surface area contributed by atoms with Crippen molar-refractivity contribution in [1.29, 1.82) is 0 Å². The molecule has 210 valence electrons. The molecule has 5 rings (SSSR count). The first-order valence-corrected chi connectivity index (χ1v) is 13.8. The molecule has 2 heterocycles. The van der Waals surface area contributed by atoms with Crippen LogP contribution in [0.2, 0.25) is 0 Å². The van der Waals surface area contributed by atoms with Crippen LogP contribution in [0.3, 0.4) is 0 Å². The molecule has 5 aromatic rings. The summed E-state index contributed by atoms with van der Waals surface area (Å²) < 4.78 is 18.4. The number of hydrogen-bond donors (Lipinski definition) is 2. The number of benzene rings is 3. The largest absolute Gasteiger partial charge is 0.507 e. The number of phenols is 1. The third kappa shape index (κ3) is 6.94. The number of aliphatic hydroxyl groups is 1. The van der Waals surface area contributed by atoms with Crippen LogP contribution < -0.4 is 15.1 Å². The highest BCUT2D eigenvalue weighted by Crippen LogP contribution is 2.25. The lowest BCUT2D eigenvalue weighted by molar-refractivity contribution is 0.127. The van der Waals surface area contributed by atoms with Gasteiger partial charge in [0.2, 0.25) is 5.16 Å². The van der Waals surface area contributed by atoms with Crippen LogP contribution in [0.15, 0.2) is 92.3 Å². The number of para-hydroxylation sites is 2. The zero-order chi connectivity index (χ0) is 28.8. The lowest BCUT2D eigenvalue weighted by Gasteiger charge is -2.13. The molecule has 0 saturated heterocycles. The lowest BCUT2D eigenvalue weighted by Crippen LogP contribution is -2.21. The Hall–Kier alpha value is -4.61. The molecule has 2 aromatic heterocycles. The Bertz CT molecular complexity index is 1710. The summed E-state index contributed by atoms with van der Waals surface area (Å²) in [5.41, 5.74) is 2.16. The first-order chi connectivity index (χ1) is 19.9. The number of ether oxygens (including phenoxy) is 2. The number of rotatable bonds is 11. The zero-order valence-corrected chi connectivity index (χ0v) is 23.2. The maximum absolute atomic E-state index is 11.9. The van der Waals surface area contributed by atoms with E-state index in [0.717, 1.165) is 16.7 Å². The summed E-state index contributed by atoms with van der Waals surface area (Å²) in [6.07, 6.45) is 0.774. The van der Waals surface area contributed by atoms with Gasteiger partial charge in [0.1, 0.15) is 36.0 Å². The van der Waals surface area contributed by atoms with Crippen LogP contribution in [-0.2, 0) is 6.61 Å². The molecule has 0 aliphatic heterocycles. The number of aryl methyl sites for hydroxylation is 2. The first kappa shape index (κ1) is 27.9. The second kappa shape index (κ2) is 12.7. The van der Waals surface area contributed by atoms with E-state index in [2.05, 4.69) is 15.3 Å². The highest BCUT2D eigenvalue weighted by atomic mass is 32.2. The van der Waals surface area contributed by atoms with Crippen molar-refractivity contribution in [2.75, 3.05) is 12.4 Å². The van der Waals surface area contributed by atoms with Gasteiger partial charge >= 0.3 is 5.63 Å². The van der Waals surface area contributed by atoms with Gasteiger partial charge in [-0.25, -0.2) is 4.79 Å². The molecule has 2 N–H and O–H groups in total. The number of nitrogens with zero attached hydrogens (tertiary/aromatic N) is 4. The van der Waals surface area contributed by atoms with E-state index in [1.54, 1.807) is 29.1 Å². The van der Waals surface area contributed by atoms with E-state index >= 15 is 0 Å². The third-order valence-electron chi connectivity index (χ3n) is 6.07. The molecule has 0 bridgehead atoms. The van der Waals surface area contributed by atoms with Crippen LogP contribution in [0.1, 0.15) is 22.5 Å². The first-order valence-electron chi connectivity index (χ1n) is 12.8. The Labute approximate surface area is 239 Å². The summed E-state index contributed by atoms with van der Waals surface area (Å²) in [7, 11) is 0. The summed E-state index contributed by atoms with van der Waals surface area (Å²) >= 11 is 1.25. The van der Waals surface area contributed by atoms with E-state index in [9.17, 15) is 15.0 Å². The van der Waals surface area contributed by atoms with Gasteiger partial charge in [-0.05, 0) is 66.9 Å². The SMILES string of the molecule is Cc1cc(/C=N/n2c(COc3ccccc3)nnc2SCC(O)COc2cc(=O)oc3ccccc23)cc(C)c1O. The van der Waals surface area contributed by atoms with Crippen molar-refractivity contribution in [3.05, 3.63) is 106 Å². The Kier molecular flexibility index (Phi) is 8.66. The Balaban J connectivity index is 1.31. The van der Waals surface area contributed by atoms with Gasteiger partial charge in [-0.1, -0.05) is 42.1 Å². The average Bonchev–Trinajstić information content (AvgIpc) is 3.37. The number of hydrogen-bond acceptors (Lipinski definition) is 10. The fourth-order valence-corrected chi connectivity index (χ4v) is 4.86. The van der Waals surface area contributed by atoms with E-state index in [1.165, 1.54) is 17.8 Å². The second-order valence-corrected chi connectivity index (χ2v) is 10.2. The average molecular weight is 573 g/mol. The third-order valence-corrected chi connectivity index (χ3v) is 7.14. The fraction of sp³-hybridized carbons (Fsp3) is 0.200. The Morgan fingerprint density at radius 3 is 2.54 bits per heavy atom. The van der Waals surface area contributed by atoms with Crippen LogP contribution in [0.4, 0.5) is 0 Å². The van der Waals surface area contributed by atoms with Crippen molar-refractivity contribution in [3.63, 3.8) is 0 Å². The Morgan fingerprint density at radius 1 is 1.02 bits per heavy atom. The van der Waals surface area contributed by atoms with Gasteiger partial charge in [-0.3, -0.25) is 0 Å². The quantitative estimate of drug-likeness (QED) is 0.131. The Morgan fingerprint density at radius 2 is 1.76 bits per heavy atom. The summed E-state index contributed by atoms with van der Waals surface area (Å²) in [4.78, 5) is 11.9. The number of aliphatic hydroxyl groups excluding tert-OH is 1. The van der Waals surface area contributed by atoms with E-state index in [1.807, 2.05) is 62.4 Å². The molecule has 41 heavy (non-hydrogen) atoms. The number of aromatic hydroxyl groups is 1. The minimum Gasteiger partial charge on any atom is -0.507 e. The van der Waals surface area contributed by atoms with Crippen molar-refractivity contribution in [2.24, 2.45) is 5.10 Å². The van der Waals surface area contributed by atoms with E-state index < -0.39 is 11.7 Å². The zero-order valence-electron chi connectivity index (χ0n) is 22.4. The summed E-state index contributed by atoms with van der Waals surface area (Å²) in [5, 5.41) is 35.0. The highest BCUT2D eigenvalue weighted by Gasteiger charge is 2.16. The lowest BCUT2D eigenvalue weighted by atomic mass is 10.1. The van der Waals surface area contributed by atoms with Crippen molar-refractivity contribution in [3.8, 4) is 17.2 Å². The van der Waals surface area contributed by atoms with E-state index in [0.29, 0.717) is 33.4 Å². The van der Waals surface area contributed by atoms with Crippen LogP contribution in [0, 0.1) is 13.8 Å². The molecule has 1 unspecified atom stereocenters. The fourth-order valence-electron chi connectivity index (χ4n) is 4.05. The number of aromatic nitrogens is 3. The molecule has 10 nitrogen and oxygen atoms in total. The van der Waals surface area contributed by atoms with E-state index in [4.69, 9.17) is 13.9 Å². The normalized spacial score (nSPS) is 12.2. The topological polar surface area (TPSA) is 132 Å². The number of thioether (sulfide) groups is 1. The monoisotopic (exact) mass is 572 g/mol. The summed E-state index contributed by atoms with van der Waals surface area (Å²) in [6, 6.07) is 21.3. The van der Waals surface area contributed by atoms with Gasteiger partial charge in [0.05, 0.1) is 23.8 Å². The number of fused-ring (bicyclic) bond motifs is 1. The van der Waals surface area contributed by atoms with E-state index in [-0.39, 0.29) is 24.7 Å². The van der Waals surface area contributed by atoms with Crippen LogP contribution in [-0.4, -0.2) is 49.8 Å². The van der Waals surface area contributed by atoms with Gasteiger partial charge in [0.25, 0.3) is 0 Å². The van der Waals surface area contributed by atoms with Crippen LogP contribution in [0.5, 0.6) is 17.2 Å². The molecule has 0 saturated carbocycles. The van der Waals surface area contributed by atoms with Gasteiger partial charge in [-0.15, -0.1) is 10.2 Å². The molecule has 1 atom stereocenters. The van der Waals surface area contributed by atoms with Gasteiger partial charge in [-0.2, -0.15) is 9.78 Å². The molecular formula is C30H28N4O6S. The molecule has 0 amide bonds. The maximum Gasteiger partial charge on any atom is 0.339 e. The minimum absolute atomic E-state index is 0.0477. The van der Waals surface area contributed by atoms with Crippen LogP contribution in [0.25, 0.3) is 11.0 Å². The molecular weight excluding hydrogens is 544 g/mol. The standard InChI is InChI=1S/C30H28N4O6S/c1-19-12-21(13-20(2)29(19)37)15-31-34-27(17-38-23-8-4-3-5-9-23)32-33-30(34)41-18-22(35)16-39-26-14-28(36)40-25-11-7-6-10-24(25)26/h3-15,22,35,37H,16-18H2,1-2H3/b31-15+. The molecule has 0 aliphatic rings. The molecule has 11 heteroatoms. The molecule has 0 radical (unpaired) electrons. The molecule has 0 fully saturated rings.